The summed E-state index contributed by atoms with van der Waals surface area (Å²) in [7, 11) is 1.56. The Labute approximate surface area is 195 Å². The third-order valence-electron chi connectivity index (χ3n) is 5.95. The number of ether oxygens (including phenoxy) is 1. The summed E-state index contributed by atoms with van der Waals surface area (Å²) in [5, 5.41) is 3.26. The number of carbonyl (C=O) groups is 3. The van der Waals surface area contributed by atoms with Gasteiger partial charge in [0.25, 0.3) is 11.5 Å². The van der Waals surface area contributed by atoms with Crippen LogP contribution in [0.25, 0.3) is 16.7 Å². The van der Waals surface area contributed by atoms with Crippen molar-refractivity contribution < 1.29 is 19.1 Å². The Kier molecular flexibility index (Phi) is 6.06. The van der Waals surface area contributed by atoms with Gasteiger partial charge < -0.3 is 10.1 Å². The smallest absolute Gasteiger partial charge is 0.344 e. The summed E-state index contributed by atoms with van der Waals surface area (Å²) in [6.07, 6.45) is 0.277. The van der Waals surface area contributed by atoms with E-state index in [2.05, 4.69) is 15.7 Å². The Morgan fingerprint density at radius 2 is 1.82 bits per heavy atom. The van der Waals surface area contributed by atoms with Gasteiger partial charge in [0, 0.05) is 18.5 Å². The molecule has 4 amide bonds. The molecule has 34 heavy (non-hydrogen) atoms. The lowest BCUT2D eigenvalue weighted by Crippen LogP contribution is -2.48. The molecule has 1 aliphatic heterocycles. The first-order chi connectivity index (χ1) is 16.3. The molecule has 1 fully saturated rings. The quantitative estimate of drug-likeness (QED) is 0.517. The van der Waals surface area contributed by atoms with Crippen LogP contribution in [-0.2, 0) is 16.0 Å². The molecule has 0 bridgehead atoms. The van der Waals surface area contributed by atoms with Crippen LogP contribution < -0.4 is 21.0 Å². The van der Waals surface area contributed by atoms with Crippen LogP contribution in [0.4, 0.5) is 4.79 Å². The predicted octanol–water partition coefficient (Wildman–Crippen LogP) is 2.08. The molecule has 2 heterocycles. The molecule has 0 spiro atoms. The maximum absolute atomic E-state index is 13.3. The zero-order valence-electron chi connectivity index (χ0n) is 19.1. The summed E-state index contributed by atoms with van der Waals surface area (Å²) in [6, 6.07) is 13.6. The first-order valence-electron chi connectivity index (χ1n) is 10.9. The van der Waals surface area contributed by atoms with Gasteiger partial charge in [-0.2, -0.15) is 5.01 Å². The van der Waals surface area contributed by atoms with E-state index in [0.29, 0.717) is 33.9 Å². The molecule has 0 unspecified atom stereocenters. The fraction of sp³-hybridized carbons (Fsp3) is 0.292. The fourth-order valence-electron chi connectivity index (χ4n) is 3.77. The SMILES string of the molecule is CC[C@@]1(C)NC(=O)N(NC(=O)CCc2nc3ccccc3n(-c3ccc(OC)cc3)c2=O)C1=O. The third-order valence-corrected chi connectivity index (χ3v) is 5.95. The number of aromatic nitrogens is 2. The first-order valence-corrected chi connectivity index (χ1v) is 10.9. The van der Waals surface area contributed by atoms with Crippen molar-refractivity contribution in [1.29, 1.82) is 0 Å². The van der Waals surface area contributed by atoms with Gasteiger partial charge in [0.1, 0.15) is 17.0 Å². The Morgan fingerprint density at radius 3 is 2.47 bits per heavy atom. The summed E-state index contributed by atoms with van der Waals surface area (Å²) < 4.78 is 6.74. The monoisotopic (exact) mass is 463 g/mol. The van der Waals surface area contributed by atoms with Crippen molar-refractivity contribution in [3.8, 4) is 11.4 Å². The molecule has 2 aromatic carbocycles. The minimum atomic E-state index is -1.06. The van der Waals surface area contributed by atoms with E-state index in [1.807, 2.05) is 12.1 Å². The van der Waals surface area contributed by atoms with E-state index in [-0.39, 0.29) is 24.1 Å². The second-order valence-electron chi connectivity index (χ2n) is 8.18. The van der Waals surface area contributed by atoms with Crippen LogP contribution in [0.15, 0.2) is 53.3 Å². The number of hydrogen-bond acceptors (Lipinski definition) is 6. The Bertz CT molecular complexity index is 1330. The minimum absolute atomic E-state index is 0.0281. The standard InChI is InChI=1S/C24H25N5O5/c1-4-24(2)22(32)29(23(33)26-24)27-20(30)14-13-18-21(31)28(15-9-11-16(34-3)12-10-15)19-8-6-5-7-17(19)25-18/h5-12H,4,13-14H2,1-3H3,(H,26,33)(H,27,30)/t24-/m1/s1. The van der Waals surface area contributed by atoms with Crippen molar-refractivity contribution in [2.24, 2.45) is 0 Å². The van der Waals surface area contributed by atoms with Crippen LogP contribution in [0.2, 0.25) is 0 Å². The highest BCUT2D eigenvalue weighted by Crippen LogP contribution is 2.20. The second kappa shape index (κ2) is 8.97. The number of amides is 4. The number of rotatable bonds is 7. The first kappa shape index (κ1) is 23.0. The molecular weight excluding hydrogens is 438 g/mol. The zero-order valence-corrected chi connectivity index (χ0v) is 19.1. The summed E-state index contributed by atoms with van der Waals surface area (Å²) in [5.41, 5.74) is 2.98. The van der Waals surface area contributed by atoms with Gasteiger partial charge in [-0.25, -0.2) is 9.78 Å². The van der Waals surface area contributed by atoms with Crippen LogP contribution in [0, 0.1) is 0 Å². The van der Waals surface area contributed by atoms with Crippen molar-refractivity contribution in [1.82, 2.24) is 25.3 Å². The zero-order chi connectivity index (χ0) is 24.5. The van der Waals surface area contributed by atoms with Gasteiger partial charge in [0.05, 0.1) is 18.1 Å². The van der Waals surface area contributed by atoms with Gasteiger partial charge in [0.2, 0.25) is 5.91 Å². The molecule has 2 N–H and O–H groups in total. The maximum atomic E-state index is 13.3. The number of nitrogens with zero attached hydrogens (tertiary/aromatic N) is 3. The number of fused-ring (bicyclic) bond motifs is 1. The number of imide groups is 1. The van der Waals surface area contributed by atoms with E-state index < -0.39 is 23.4 Å². The normalized spacial score (nSPS) is 17.7. The number of hydrogen-bond donors (Lipinski definition) is 2. The molecule has 10 nitrogen and oxygen atoms in total. The van der Waals surface area contributed by atoms with Crippen molar-refractivity contribution >= 4 is 28.9 Å². The molecule has 0 radical (unpaired) electrons. The maximum Gasteiger partial charge on any atom is 0.344 e. The topological polar surface area (TPSA) is 123 Å². The minimum Gasteiger partial charge on any atom is -0.497 e. The lowest BCUT2D eigenvalue weighted by molar-refractivity contribution is -0.138. The summed E-state index contributed by atoms with van der Waals surface area (Å²) in [5.74, 6) is -0.444. The molecule has 176 valence electrons. The van der Waals surface area contributed by atoms with Gasteiger partial charge in [-0.05, 0) is 49.7 Å². The highest BCUT2D eigenvalue weighted by Gasteiger charge is 2.47. The number of methoxy groups -OCH3 is 1. The molecule has 1 aromatic heterocycles. The van der Waals surface area contributed by atoms with Gasteiger partial charge in [0.15, 0.2) is 0 Å². The molecule has 1 atom stereocenters. The highest BCUT2D eigenvalue weighted by molar-refractivity contribution is 6.07. The molecular formula is C24H25N5O5. The van der Waals surface area contributed by atoms with E-state index in [1.165, 1.54) is 0 Å². The largest absolute Gasteiger partial charge is 0.497 e. The van der Waals surface area contributed by atoms with Gasteiger partial charge in [-0.1, -0.05) is 19.1 Å². The van der Waals surface area contributed by atoms with Crippen molar-refractivity contribution in [3.63, 3.8) is 0 Å². The number of urea groups is 1. The van der Waals surface area contributed by atoms with E-state index in [4.69, 9.17) is 4.74 Å². The number of para-hydroxylation sites is 2. The van der Waals surface area contributed by atoms with E-state index in [1.54, 1.807) is 61.9 Å². The van der Waals surface area contributed by atoms with Crippen LogP contribution >= 0.6 is 0 Å². The number of nitrogens with one attached hydrogen (secondary N) is 2. The van der Waals surface area contributed by atoms with Crippen molar-refractivity contribution in [3.05, 3.63) is 64.6 Å². The predicted molar refractivity (Wildman–Crippen MR) is 124 cm³/mol. The van der Waals surface area contributed by atoms with Crippen LogP contribution in [0.5, 0.6) is 5.75 Å². The number of aryl methyl sites for hydroxylation is 1. The van der Waals surface area contributed by atoms with Crippen LogP contribution in [0.1, 0.15) is 32.4 Å². The second-order valence-corrected chi connectivity index (χ2v) is 8.18. The van der Waals surface area contributed by atoms with Crippen molar-refractivity contribution in [2.45, 2.75) is 38.6 Å². The molecule has 4 rings (SSSR count). The van der Waals surface area contributed by atoms with E-state index >= 15 is 0 Å². The van der Waals surface area contributed by atoms with Gasteiger partial charge >= 0.3 is 6.03 Å². The molecule has 1 saturated heterocycles. The third kappa shape index (κ3) is 4.09. The Hall–Kier alpha value is -4.21. The lowest BCUT2D eigenvalue weighted by Gasteiger charge is -2.19. The van der Waals surface area contributed by atoms with Gasteiger partial charge in [-0.3, -0.25) is 24.4 Å². The summed E-state index contributed by atoms with van der Waals surface area (Å²) in [6.45, 7) is 3.36. The molecule has 1 aliphatic rings. The number of carbonyl (C=O) groups excluding carboxylic acids is 3. The average molecular weight is 463 g/mol. The number of benzene rings is 2. The summed E-state index contributed by atoms with van der Waals surface area (Å²) >= 11 is 0. The fourth-order valence-corrected chi connectivity index (χ4v) is 3.77. The van der Waals surface area contributed by atoms with Crippen LogP contribution in [0.3, 0.4) is 0 Å². The number of hydrazine groups is 1. The molecule has 3 aromatic rings. The van der Waals surface area contributed by atoms with Gasteiger partial charge in [-0.15, -0.1) is 0 Å². The lowest BCUT2D eigenvalue weighted by atomic mass is 10.00. The Morgan fingerprint density at radius 1 is 1.12 bits per heavy atom. The van der Waals surface area contributed by atoms with Crippen molar-refractivity contribution in [2.75, 3.05) is 7.11 Å². The van der Waals surface area contributed by atoms with E-state index in [9.17, 15) is 19.2 Å². The molecule has 10 heteroatoms. The Balaban J connectivity index is 1.59. The molecule has 0 aliphatic carbocycles. The van der Waals surface area contributed by atoms with E-state index in [0.717, 1.165) is 0 Å². The average Bonchev–Trinajstić information content (AvgIpc) is 3.06. The molecule has 0 saturated carbocycles. The van der Waals surface area contributed by atoms with Crippen LogP contribution in [-0.4, -0.2) is 45.1 Å². The highest BCUT2D eigenvalue weighted by atomic mass is 16.5. The summed E-state index contributed by atoms with van der Waals surface area (Å²) in [4.78, 5) is 54.9.